The molecule has 33 heavy (non-hydrogen) atoms. The predicted octanol–water partition coefficient (Wildman–Crippen LogP) is 5.44. The molecule has 3 aromatic carbocycles. The van der Waals surface area contributed by atoms with Crippen LogP contribution in [-0.4, -0.2) is 27.5 Å². The van der Waals surface area contributed by atoms with Crippen LogP contribution in [0.25, 0.3) is 27.2 Å². The molecule has 3 heterocycles. The predicted molar refractivity (Wildman–Crippen MR) is 127 cm³/mol. The van der Waals surface area contributed by atoms with E-state index in [9.17, 15) is 4.79 Å². The van der Waals surface area contributed by atoms with Crippen LogP contribution in [0.3, 0.4) is 0 Å². The molecule has 1 amide bonds. The Kier molecular flexibility index (Phi) is 4.58. The van der Waals surface area contributed by atoms with E-state index in [4.69, 9.17) is 14.5 Å². The van der Waals surface area contributed by atoms with E-state index < -0.39 is 0 Å². The molecule has 6 rings (SSSR count). The molecular formula is C25H18N4O3S. The van der Waals surface area contributed by atoms with Gasteiger partial charge in [-0.2, -0.15) is 9.78 Å². The molecule has 0 saturated heterocycles. The normalized spacial score (nSPS) is 12.3. The first kappa shape index (κ1) is 19.5. The van der Waals surface area contributed by atoms with Gasteiger partial charge in [0.05, 0.1) is 11.4 Å². The highest BCUT2D eigenvalue weighted by molar-refractivity contribution is 7.12. The number of carbonyl (C=O) groups is 1. The zero-order valence-corrected chi connectivity index (χ0v) is 18.4. The van der Waals surface area contributed by atoms with Gasteiger partial charge >= 0.3 is 0 Å². The zero-order chi connectivity index (χ0) is 22.4. The number of aromatic nitrogens is 3. The van der Waals surface area contributed by atoms with Crippen LogP contribution in [0.4, 0.5) is 5.82 Å². The summed E-state index contributed by atoms with van der Waals surface area (Å²) >= 11 is 1.45. The molecule has 0 unspecified atom stereocenters. The minimum absolute atomic E-state index is 0.200. The number of amides is 1. The molecule has 1 aliphatic rings. The van der Waals surface area contributed by atoms with Gasteiger partial charge in [0.15, 0.2) is 11.5 Å². The minimum atomic E-state index is -0.200. The summed E-state index contributed by atoms with van der Waals surface area (Å²) in [6, 6.07) is 21.2. The fourth-order valence-corrected chi connectivity index (χ4v) is 4.60. The number of thiazole rings is 1. The van der Waals surface area contributed by atoms with Gasteiger partial charge in [-0.25, -0.2) is 4.98 Å². The lowest BCUT2D eigenvalue weighted by Gasteiger charge is -2.07. The van der Waals surface area contributed by atoms with Gasteiger partial charge in [0.1, 0.15) is 5.82 Å². The highest BCUT2D eigenvalue weighted by Crippen LogP contribution is 2.36. The number of aryl methyl sites for hydroxylation is 1. The molecule has 0 aliphatic carbocycles. The van der Waals surface area contributed by atoms with E-state index in [-0.39, 0.29) is 12.7 Å². The van der Waals surface area contributed by atoms with Gasteiger partial charge in [-0.1, -0.05) is 30.3 Å². The highest BCUT2D eigenvalue weighted by Gasteiger charge is 2.18. The summed E-state index contributed by atoms with van der Waals surface area (Å²) in [5.41, 5.74) is 3.09. The SMILES string of the molecule is Cc1cc(NC(=O)c2ccc3ccccc3c2)n(-c2nc(-c3ccc4c(c3)OCO4)cs2)n1. The van der Waals surface area contributed by atoms with E-state index in [0.717, 1.165) is 33.5 Å². The molecule has 162 valence electrons. The Morgan fingerprint density at radius 1 is 1.00 bits per heavy atom. The molecule has 0 saturated carbocycles. The van der Waals surface area contributed by atoms with Crippen LogP contribution in [0.2, 0.25) is 0 Å². The van der Waals surface area contributed by atoms with Crippen LogP contribution in [0.5, 0.6) is 11.5 Å². The van der Waals surface area contributed by atoms with Crippen LogP contribution in [0, 0.1) is 6.92 Å². The maximum absolute atomic E-state index is 13.0. The lowest BCUT2D eigenvalue weighted by Crippen LogP contribution is -2.15. The van der Waals surface area contributed by atoms with E-state index in [1.54, 1.807) is 4.68 Å². The van der Waals surface area contributed by atoms with Gasteiger partial charge in [-0.05, 0) is 48.0 Å². The number of carbonyl (C=O) groups excluding carboxylic acids is 1. The third kappa shape index (κ3) is 3.60. The van der Waals surface area contributed by atoms with Crippen LogP contribution in [-0.2, 0) is 0 Å². The second-order valence-corrected chi connectivity index (χ2v) is 8.52. The van der Waals surface area contributed by atoms with Crippen LogP contribution in [0.1, 0.15) is 16.1 Å². The molecule has 0 atom stereocenters. The van der Waals surface area contributed by atoms with Crippen molar-refractivity contribution in [3.8, 4) is 27.9 Å². The van der Waals surface area contributed by atoms with E-state index in [1.807, 2.05) is 79.0 Å². The third-order valence-electron chi connectivity index (χ3n) is 5.43. The smallest absolute Gasteiger partial charge is 0.256 e. The van der Waals surface area contributed by atoms with Gasteiger partial charge in [0, 0.05) is 22.6 Å². The summed E-state index contributed by atoms with van der Waals surface area (Å²) in [4.78, 5) is 17.7. The average molecular weight is 455 g/mol. The first-order chi connectivity index (χ1) is 16.1. The standard InChI is InChI=1S/C25H18N4O3S/c1-15-10-23(27-24(30)19-7-6-16-4-2-3-5-17(16)11-19)29(28-15)25-26-20(13-33-25)18-8-9-21-22(12-18)32-14-31-21/h2-13H,14H2,1H3,(H,27,30). The third-order valence-corrected chi connectivity index (χ3v) is 6.24. The number of hydrogen-bond acceptors (Lipinski definition) is 6. The Labute approximate surface area is 193 Å². The zero-order valence-electron chi connectivity index (χ0n) is 17.6. The Bertz CT molecular complexity index is 1520. The molecular weight excluding hydrogens is 436 g/mol. The van der Waals surface area contributed by atoms with Crippen LogP contribution >= 0.6 is 11.3 Å². The maximum Gasteiger partial charge on any atom is 0.256 e. The molecule has 2 aromatic heterocycles. The van der Waals surface area contributed by atoms with Crippen LogP contribution < -0.4 is 14.8 Å². The van der Waals surface area contributed by atoms with Gasteiger partial charge in [0.25, 0.3) is 5.91 Å². The van der Waals surface area contributed by atoms with Crippen molar-refractivity contribution in [2.75, 3.05) is 12.1 Å². The lowest BCUT2D eigenvalue weighted by molar-refractivity contribution is 0.102. The number of benzene rings is 3. The molecule has 0 bridgehead atoms. The molecule has 8 heteroatoms. The second kappa shape index (κ2) is 7.75. The van der Waals surface area contributed by atoms with Crippen LogP contribution in [0.15, 0.2) is 72.1 Å². The number of hydrogen-bond donors (Lipinski definition) is 1. The Balaban J connectivity index is 1.29. The quantitative estimate of drug-likeness (QED) is 0.391. The number of rotatable bonds is 4. The summed E-state index contributed by atoms with van der Waals surface area (Å²) in [7, 11) is 0. The van der Waals surface area contributed by atoms with E-state index in [2.05, 4.69) is 10.4 Å². The second-order valence-electron chi connectivity index (χ2n) is 7.68. The van der Waals surface area contributed by atoms with Gasteiger partial charge < -0.3 is 14.8 Å². The number of nitrogens with one attached hydrogen (secondary N) is 1. The van der Waals surface area contributed by atoms with Gasteiger partial charge in [0.2, 0.25) is 11.9 Å². The largest absolute Gasteiger partial charge is 0.454 e. The van der Waals surface area contributed by atoms with Crippen molar-refractivity contribution in [1.82, 2.24) is 14.8 Å². The highest BCUT2D eigenvalue weighted by atomic mass is 32.1. The van der Waals surface area contributed by atoms with E-state index in [0.29, 0.717) is 22.3 Å². The average Bonchev–Trinajstić information content (AvgIpc) is 3.57. The first-order valence-electron chi connectivity index (χ1n) is 10.4. The number of fused-ring (bicyclic) bond motifs is 2. The van der Waals surface area contributed by atoms with Crippen molar-refractivity contribution in [2.45, 2.75) is 6.92 Å². The van der Waals surface area contributed by atoms with Gasteiger partial charge in [-0.15, -0.1) is 11.3 Å². The molecule has 1 N–H and O–H groups in total. The van der Waals surface area contributed by atoms with Crippen molar-refractivity contribution in [1.29, 1.82) is 0 Å². The summed E-state index contributed by atoms with van der Waals surface area (Å²) in [5, 5.41) is 12.3. The molecule has 0 fully saturated rings. The topological polar surface area (TPSA) is 78.3 Å². The van der Waals surface area contributed by atoms with Gasteiger partial charge in [-0.3, -0.25) is 4.79 Å². The van der Waals surface area contributed by atoms with Crippen molar-refractivity contribution in [3.63, 3.8) is 0 Å². The molecule has 1 aliphatic heterocycles. The van der Waals surface area contributed by atoms with E-state index >= 15 is 0 Å². The van der Waals surface area contributed by atoms with Crippen molar-refractivity contribution in [2.24, 2.45) is 0 Å². The Morgan fingerprint density at radius 2 is 1.85 bits per heavy atom. The number of nitrogens with zero attached hydrogens (tertiary/aromatic N) is 3. The van der Waals surface area contributed by atoms with Crippen molar-refractivity contribution < 1.29 is 14.3 Å². The summed E-state index contributed by atoms with van der Waals surface area (Å²) in [6.07, 6.45) is 0. The van der Waals surface area contributed by atoms with Crippen molar-refractivity contribution in [3.05, 3.63) is 83.4 Å². The van der Waals surface area contributed by atoms with E-state index in [1.165, 1.54) is 11.3 Å². The molecule has 0 radical (unpaired) electrons. The summed E-state index contributed by atoms with van der Waals surface area (Å²) < 4.78 is 12.5. The fourth-order valence-electron chi connectivity index (χ4n) is 3.80. The number of anilines is 1. The molecule has 7 nitrogen and oxygen atoms in total. The monoisotopic (exact) mass is 454 g/mol. The molecule has 0 spiro atoms. The minimum Gasteiger partial charge on any atom is -0.454 e. The molecule has 5 aromatic rings. The fraction of sp³-hybridized carbons (Fsp3) is 0.0800. The Morgan fingerprint density at radius 3 is 2.76 bits per heavy atom. The maximum atomic E-state index is 13.0. The Hall–Kier alpha value is -4.17. The summed E-state index contributed by atoms with van der Waals surface area (Å²) in [6.45, 7) is 2.11. The first-order valence-corrected chi connectivity index (χ1v) is 11.2. The summed E-state index contributed by atoms with van der Waals surface area (Å²) in [5.74, 6) is 1.81. The number of ether oxygens (including phenoxy) is 2. The van der Waals surface area contributed by atoms with Crippen molar-refractivity contribution >= 4 is 33.8 Å². The lowest BCUT2D eigenvalue weighted by atomic mass is 10.1.